The van der Waals surface area contributed by atoms with E-state index >= 15 is 0 Å². The number of nitrogens with one attached hydrogen (secondary N) is 1. The van der Waals surface area contributed by atoms with Gasteiger partial charge in [0.1, 0.15) is 0 Å². The molecule has 0 aromatic rings. The molecule has 20 heavy (non-hydrogen) atoms. The number of methoxy groups -OCH3 is 2. The van der Waals surface area contributed by atoms with Crippen LogP contribution in [0.5, 0.6) is 0 Å². The smallest absolute Gasteiger partial charge is 0.0615 e. The van der Waals surface area contributed by atoms with Gasteiger partial charge in [0.25, 0.3) is 0 Å². The van der Waals surface area contributed by atoms with Crippen molar-refractivity contribution in [2.75, 3.05) is 47.6 Å². The topological polar surface area (TPSA) is 33.7 Å². The average molecular weight is 286 g/mol. The van der Waals surface area contributed by atoms with Gasteiger partial charge in [0.05, 0.1) is 13.2 Å². The van der Waals surface area contributed by atoms with Gasteiger partial charge in [-0.3, -0.25) is 4.90 Å². The lowest BCUT2D eigenvalue weighted by Gasteiger charge is -2.35. The summed E-state index contributed by atoms with van der Waals surface area (Å²) < 4.78 is 10.6. The van der Waals surface area contributed by atoms with Crippen LogP contribution in [0.4, 0.5) is 0 Å². The zero-order chi connectivity index (χ0) is 15.2. The molecule has 1 rings (SSSR count). The first-order chi connectivity index (χ1) is 9.46. The monoisotopic (exact) mass is 286 g/mol. The first kappa shape index (κ1) is 17.9. The summed E-state index contributed by atoms with van der Waals surface area (Å²) >= 11 is 0. The van der Waals surface area contributed by atoms with E-state index in [4.69, 9.17) is 9.47 Å². The average Bonchev–Trinajstić information content (AvgIpc) is 2.69. The first-order valence-corrected chi connectivity index (χ1v) is 7.85. The summed E-state index contributed by atoms with van der Waals surface area (Å²) in [5, 5.41) is 3.55. The van der Waals surface area contributed by atoms with E-state index in [0.29, 0.717) is 23.4 Å². The van der Waals surface area contributed by atoms with Crippen molar-refractivity contribution in [1.82, 2.24) is 10.2 Å². The summed E-state index contributed by atoms with van der Waals surface area (Å²) in [6.07, 6.45) is 2.61. The molecule has 120 valence electrons. The Bertz CT molecular complexity index is 271. The Kier molecular flexibility index (Phi) is 7.45. The molecule has 3 atom stereocenters. The highest BCUT2D eigenvalue weighted by Gasteiger charge is 2.41. The maximum Gasteiger partial charge on any atom is 0.0615 e. The van der Waals surface area contributed by atoms with Crippen LogP contribution in [0, 0.1) is 11.3 Å². The van der Waals surface area contributed by atoms with Crippen molar-refractivity contribution in [1.29, 1.82) is 0 Å². The van der Waals surface area contributed by atoms with Gasteiger partial charge in [-0.15, -0.1) is 0 Å². The molecule has 3 unspecified atom stereocenters. The Labute approximate surface area is 125 Å². The van der Waals surface area contributed by atoms with Crippen molar-refractivity contribution >= 4 is 0 Å². The van der Waals surface area contributed by atoms with Crippen molar-refractivity contribution in [2.24, 2.45) is 11.3 Å². The third-order valence-corrected chi connectivity index (χ3v) is 4.87. The van der Waals surface area contributed by atoms with E-state index in [0.717, 1.165) is 26.3 Å². The van der Waals surface area contributed by atoms with Gasteiger partial charge < -0.3 is 14.8 Å². The fourth-order valence-electron chi connectivity index (χ4n) is 3.69. The van der Waals surface area contributed by atoms with Crippen LogP contribution in [0.25, 0.3) is 0 Å². The van der Waals surface area contributed by atoms with Crippen LogP contribution < -0.4 is 5.32 Å². The number of rotatable bonds is 9. The fraction of sp³-hybridized carbons (Fsp3) is 1.00. The predicted octanol–water partition coefficient (Wildman–Crippen LogP) is 1.99. The van der Waals surface area contributed by atoms with Crippen LogP contribution in [0.15, 0.2) is 0 Å². The van der Waals surface area contributed by atoms with Gasteiger partial charge in [-0.05, 0) is 38.1 Å². The molecule has 1 aliphatic rings. The molecule has 0 saturated heterocycles. The highest BCUT2D eigenvalue weighted by molar-refractivity contribution is 4.96. The van der Waals surface area contributed by atoms with Crippen LogP contribution in [-0.2, 0) is 9.47 Å². The van der Waals surface area contributed by atoms with Crippen LogP contribution in [0.3, 0.4) is 0 Å². The number of hydrogen-bond acceptors (Lipinski definition) is 4. The van der Waals surface area contributed by atoms with Crippen LogP contribution in [0.1, 0.15) is 33.6 Å². The zero-order valence-corrected chi connectivity index (χ0v) is 14.2. The van der Waals surface area contributed by atoms with Gasteiger partial charge in [0.2, 0.25) is 0 Å². The molecule has 0 aliphatic heterocycles. The summed E-state index contributed by atoms with van der Waals surface area (Å²) in [4.78, 5) is 2.52. The highest BCUT2D eigenvalue weighted by atomic mass is 16.5. The minimum Gasteiger partial charge on any atom is -0.383 e. The fourth-order valence-corrected chi connectivity index (χ4v) is 3.69. The zero-order valence-electron chi connectivity index (χ0n) is 14.2. The lowest BCUT2D eigenvalue weighted by molar-refractivity contribution is 0.0602. The van der Waals surface area contributed by atoms with E-state index in [1.165, 1.54) is 12.8 Å². The Hall–Kier alpha value is -0.160. The van der Waals surface area contributed by atoms with E-state index in [1.807, 2.05) is 0 Å². The quantitative estimate of drug-likeness (QED) is 0.703. The number of nitrogens with zero attached hydrogens (tertiary/aromatic N) is 1. The van der Waals surface area contributed by atoms with E-state index in [1.54, 1.807) is 14.2 Å². The third kappa shape index (κ3) is 4.69. The maximum atomic E-state index is 5.33. The molecular formula is C16H34N2O2. The normalized spacial score (nSPS) is 27.1. The summed E-state index contributed by atoms with van der Waals surface area (Å²) in [5.41, 5.74) is 0.400. The predicted molar refractivity (Wildman–Crippen MR) is 84.1 cm³/mol. The minimum absolute atomic E-state index is 0.400. The van der Waals surface area contributed by atoms with Crippen LogP contribution in [-0.4, -0.2) is 64.6 Å². The molecule has 0 radical (unpaired) electrons. The van der Waals surface area contributed by atoms with Crippen LogP contribution in [0.2, 0.25) is 0 Å². The van der Waals surface area contributed by atoms with Gasteiger partial charge in [0.15, 0.2) is 0 Å². The second-order valence-electron chi connectivity index (χ2n) is 6.85. The van der Waals surface area contributed by atoms with Crippen molar-refractivity contribution in [3.8, 4) is 0 Å². The van der Waals surface area contributed by atoms with Crippen molar-refractivity contribution in [3.63, 3.8) is 0 Å². The van der Waals surface area contributed by atoms with Gasteiger partial charge in [-0.2, -0.15) is 0 Å². The summed E-state index contributed by atoms with van der Waals surface area (Å²) in [6, 6.07) is 1.04. The summed E-state index contributed by atoms with van der Waals surface area (Å²) in [6.45, 7) is 10.7. The SMILES string of the molecule is CNC1C(CN(CCOC)C(C)COC)CCC1(C)C. The third-order valence-electron chi connectivity index (χ3n) is 4.87. The molecule has 0 aromatic heterocycles. The van der Waals surface area contributed by atoms with Crippen LogP contribution >= 0.6 is 0 Å². The molecule has 4 heteroatoms. The lowest BCUT2D eigenvalue weighted by atomic mass is 9.84. The molecule has 0 heterocycles. The van der Waals surface area contributed by atoms with E-state index in [-0.39, 0.29) is 0 Å². The highest BCUT2D eigenvalue weighted by Crippen LogP contribution is 2.41. The molecule has 0 aromatic carbocycles. The van der Waals surface area contributed by atoms with Gasteiger partial charge in [0, 0.05) is 39.4 Å². The summed E-state index contributed by atoms with van der Waals surface area (Å²) in [7, 11) is 5.65. The largest absolute Gasteiger partial charge is 0.383 e. The second kappa shape index (κ2) is 8.32. The second-order valence-corrected chi connectivity index (χ2v) is 6.85. The Morgan fingerprint density at radius 3 is 2.55 bits per heavy atom. The molecule has 1 fully saturated rings. The Morgan fingerprint density at radius 1 is 1.30 bits per heavy atom. The molecule has 1 N–H and O–H groups in total. The van der Waals surface area contributed by atoms with Crippen molar-refractivity contribution in [3.05, 3.63) is 0 Å². The van der Waals surface area contributed by atoms with E-state index < -0.39 is 0 Å². The van der Waals surface area contributed by atoms with E-state index in [9.17, 15) is 0 Å². The van der Waals surface area contributed by atoms with Crippen molar-refractivity contribution in [2.45, 2.75) is 45.7 Å². The molecule has 0 spiro atoms. The van der Waals surface area contributed by atoms with Gasteiger partial charge in [-0.1, -0.05) is 13.8 Å². The number of ether oxygens (including phenoxy) is 2. The van der Waals surface area contributed by atoms with Gasteiger partial charge in [-0.25, -0.2) is 0 Å². The lowest BCUT2D eigenvalue weighted by Crippen LogP contribution is -2.47. The first-order valence-electron chi connectivity index (χ1n) is 7.85. The molecule has 1 saturated carbocycles. The number of hydrogen-bond donors (Lipinski definition) is 1. The molecule has 1 aliphatic carbocycles. The molecule has 0 bridgehead atoms. The minimum atomic E-state index is 0.400. The Morgan fingerprint density at radius 2 is 2.00 bits per heavy atom. The molecule has 4 nitrogen and oxygen atoms in total. The maximum absolute atomic E-state index is 5.33. The standard InChI is InChI=1S/C16H34N2O2/c1-13(12-20-6)18(9-10-19-5)11-14-7-8-16(2,3)15(14)17-4/h13-15,17H,7-12H2,1-6H3. The Balaban J connectivity index is 2.64. The molecule has 0 amide bonds. The summed E-state index contributed by atoms with van der Waals surface area (Å²) in [5.74, 6) is 0.714. The van der Waals surface area contributed by atoms with E-state index in [2.05, 4.69) is 38.0 Å². The molecular weight excluding hydrogens is 252 g/mol. The van der Waals surface area contributed by atoms with Gasteiger partial charge >= 0.3 is 0 Å². The van der Waals surface area contributed by atoms with Crippen molar-refractivity contribution < 1.29 is 9.47 Å².